The summed E-state index contributed by atoms with van der Waals surface area (Å²) in [5.74, 6) is 0. The second kappa shape index (κ2) is 8.81. The first-order valence-electron chi connectivity index (χ1n) is 7.30. The molecule has 0 aromatic rings. The normalized spacial score (nSPS) is 18.2. The Labute approximate surface area is 102 Å². The van der Waals surface area contributed by atoms with Crippen molar-refractivity contribution in [3.8, 4) is 0 Å². The van der Waals surface area contributed by atoms with Gasteiger partial charge in [0.15, 0.2) is 0 Å². The molecular weight excluding hydrogens is 194 g/mol. The van der Waals surface area contributed by atoms with Crippen molar-refractivity contribution < 1.29 is 0 Å². The summed E-state index contributed by atoms with van der Waals surface area (Å²) in [5.41, 5.74) is 1.70. The molecule has 0 spiro atoms. The molecule has 1 nitrogen and oxygen atoms in total. The van der Waals surface area contributed by atoms with E-state index in [2.05, 4.69) is 25.2 Å². The molecule has 1 rings (SSSR count). The summed E-state index contributed by atoms with van der Waals surface area (Å²) in [5, 5.41) is 3.66. The monoisotopic (exact) mass is 223 g/mol. The molecule has 1 heteroatoms. The van der Waals surface area contributed by atoms with Crippen molar-refractivity contribution in [2.24, 2.45) is 0 Å². The Kier molecular flexibility index (Phi) is 7.58. The fourth-order valence-corrected chi connectivity index (χ4v) is 2.62. The molecule has 0 aliphatic heterocycles. The van der Waals surface area contributed by atoms with Gasteiger partial charge in [0.1, 0.15) is 0 Å². The fourth-order valence-electron chi connectivity index (χ4n) is 2.62. The summed E-state index contributed by atoms with van der Waals surface area (Å²) in [7, 11) is 0. The smallest absolute Gasteiger partial charge is 0.0279 e. The molecule has 0 radical (unpaired) electrons. The lowest BCUT2D eigenvalue weighted by Crippen LogP contribution is -2.31. The van der Waals surface area contributed by atoms with Crippen molar-refractivity contribution in [1.29, 1.82) is 0 Å². The van der Waals surface area contributed by atoms with E-state index >= 15 is 0 Å². The van der Waals surface area contributed by atoms with E-state index in [-0.39, 0.29) is 0 Å². The highest BCUT2D eigenvalue weighted by molar-refractivity contribution is 5.13. The first-order valence-corrected chi connectivity index (χ1v) is 7.30. The third kappa shape index (κ3) is 5.16. The maximum Gasteiger partial charge on any atom is 0.0279 e. The molecule has 0 saturated carbocycles. The third-order valence-electron chi connectivity index (χ3n) is 3.57. The molecule has 0 heterocycles. The molecule has 16 heavy (non-hydrogen) atoms. The SMILES string of the molecule is CCCCCCC(NCC)C1=CCCCC1. The summed E-state index contributed by atoms with van der Waals surface area (Å²) in [6, 6.07) is 0.683. The summed E-state index contributed by atoms with van der Waals surface area (Å²) >= 11 is 0. The number of rotatable bonds is 8. The van der Waals surface area contributed by atoms with E-state index in [1.54, 1.807) is 5.57 Å². The highest BCUT2D eigenvalue weighted by Gasteiger charge is 2.14. The van der Waals surface area contributed by atoms with Crippen molar-refractivity contribution in [2.75, 3.05) is 6.54 Å². The van der Waals surface area contributed by atoms with Gasteiger partial charge in [-0.3, -0.25) is 0 Å². The molecule has 1 atom stereocenters. The number of likely N-dealkylation sites (N-methyl/N-ethyl adjacent to an activating group) is 1. The molecule has 1 N–H and O–H groups in total. The predicted molar refractivity (Wildman–Crippen MR) is 72.8 cm³/mol. The van der Waals surface area contributed by atoms with Gasteiger partial charge in [-0.15, -0.1) is 0 Å². The van der Waals surface area contributed by atoms with Crippen LogP contribution in [0.5, 0.6) is 0 Å². The molecule has 1 aliphatic carbocycles. The van der Waals surface area contributed by atoms with Gasteiger partial charge in [-0.25, -0.2) is 0 Å². The third-order valence-corrected chi connectivity index (χ3v) is 3.57. The van der Waals surface area contributed by atoms with E-state index in [4.69, 9.17) is 0 Å². The van der Waals surface area contributed by atoms with Crippen LogP contribution in [-0.4, -0.2) is 12.6 Å². The zero-order chi connectivity index (χ0) is 11.6. The Hall–Kier alpha value is -0.300. The molecule has 94 valence electrons. The Morgan fingerprint density at radius 3 is 2.69 bits per heavy atom. The molecule has 1 unspecified atom stereocenters. The van der Waals surface area contributed by atoms with Crippen LogP contribution >= 0.6 is 0 Å². The lowest BCUT2D eigenvalue weighted by atomic mass is 9.91. The first kappa shape index (κ1) is 13.8. The average Bonchev–Trinajstić information content (AvgIpc) is 2.34. The first-order chi connectivity index (χ1) is 7.88. The van der Waals surface area contributed by atoms with Crippen molar-refractivity contribution in [1.82, 2.24) is 5.32 Å². The second-order valence-corrected chi connectivity index (χ2v) is 4.98. The lowest BCUT2D eigenvalue weighted by molar-refractivity contribution is 0.487. The number of unbranched alkanes of at least 4 members (excludes halogenated alkanes) is 3. The summed E-state index contributed by atoms with van der Waals surface area (Å²) in [6.45, 7) is 5.61. The fraction of sp³-hybridized carbons (Fsp3) is 0.867. The number of allylic oxidation sites excluding steroid dienone is 1. The minimum absolute atomic E-state index is 0.683. The van der Waals surface area contributed by atoms with Gasteiger partial charge in [-0.2, -0.15) is 0 Å². The van der Waals surface area contributed by atoms with Crippen molar-refractivity contribution in [2.45, 2.75) is 77.7 Å². The van der Waals surface area contributed by atoms with Crippen molar-refractivity contribution >= 4 is 0 Å². The van der Waals surface area contributed by atoms with Gasteiger partial charge in [0.25, 0.3) is 0 Å². The second-order valence-electron chi connectivity index (χ2n) is 4.98. The van der Waals surface area contributed by atoms with Crippen LogP contribution in [0.2, 0.25) is 0 Å². The van der Waals surface area contributed by atoms with Crippen LogP contribution in [-0.2, 0) is 0 Å². The lowest BCUT2D eigenvalue weighted by Gasteiger charge is -2.24. The van der Waals surface area contributed by atoms with Gasteiger partial charge in [0, 0.05) is 6.04 Å². The summed E-state index contributed by atoms with van der Waals surface area (Å²) in [6.07, 6.45) is 14.8. The topological polar surface area (TPSA) is 12.0 Å². The molecular formula is C15H29N. The molecule has 0 aromatic heterocycles. The summed E-state index contributed by atoms with van der Waals surface area (Å²) in [4.78, 5) is 0. The predicted octanol–water partition coefficient (Wildman–Crippen LogP) is 4.44. The highest BCUT2D eigenvalue weighted by atomic mass is 14.9. The minimum atomic E-state index is 0.683. The van der Waals surface area contributed by atoms with Gasteiger partial charge < -0.3 is 5.32 Å². The molecule has 0 saturated heterocycles. The van der Waals surface area contributed by atoms with Gasteiger partial charge in [-0.1, -0.05) is 51.2 Å². The van der Waals surface area contributed by atoms with Gasteiger partial charge in [0.05, 0.1) is 0 Å². The Morgan fingerprint density at radius 1 is 1.19 bits per heavy atom. The maximum absolute atomic E-state index is 3.66. The van der Waals surface area contributed by atoms with Gasteiger partial charge >= 0.3 is 0 Å². The molecule has 0 aromatic carbocycles. The van der Waals surface area contributed by atoms with Gasteiger partial charge in [-0.05, 0) is 38.6 Å². The van der Waals surface area contributed by atoms with Crippen LogP contribution in [0.25, 0.3) is 0 Å². The van der Waals surface area contributed by atoms with E-state index in [0.717, 1.165) is 6.54 Å². The Bertz CT molecular complexity index is 196. The van der Waals surface area contributed by atoms with Crippen molar-refractivity contribution in [3.05, 3.63) is 11.6 Å². The number of hydrogen-bond acceptors (Lipinski definition) is 1. The molecule has 0 amide bonds. The molecule has 0 bridgehead atoms. The van der Waals surface area contributed by atoms with Crippen LogP contribution in [0, 0.1) is 0 Å². The molecule has 1 aliphatic rings. The quantitative estimate of drug-likeness (QED) is 0.474. The largest absolute Gasteiger partial charge is 0.311 e. The number of nitrogens with one attached hydrogen (secondary N) is 1. The maximum atomic E-state index is 3.66. The van der Waals surface area contributed by atoms with Crippen LogP contribution in [0.3, 0.4) is 0 Å². The van der Waals surface area contributed by atoms with E-state index in [1.165, 1.54) is 57.8 Å². The minimum Gasteiger partial charge on any atom is -0.311 e. The standard InChI is InChI=1S/C15H29N/c1-3-5-6-10-13-15(16-4-2)14-11-8-7-9-12-14/h11,15-16H,3-10,12-13H2,1-2H3. The van der Waals surface area contributed by atoms with Crippen LogP contribution in [0.1, 0.15) is 71.6 Å². The Morgan fingerprint density at radius 2 is 2.06 bits per heavy atom. The van der Waals surface area contributed by atoms with Crippen molar-refractivity contribution in [3.63, 3.8) is 0 Å². The summed E-state index contributed by atoms with van der Waals surface area (Å²) < 4.78 is 0. The zero-order valence-corrected chi connectivity index (χ0v) is 11.2. The van der Waals surface area contributed by atoms with E-state index in [9.17, 15) is 0 Å². The van der Waals surface area contributed by atoms with E-state index in [0.29, 0.717) is 6.04 Å². The van der Waals surface area contributed by atoms with E-state index < -0.39 is 0 Å². The molecule has 0 fully saturated rings. The Balaban J connectivity index is 2.31. The highest BCUT2D eigenvalue weighted by Crippen LogP contribution is 2.23. The zero-order valence-electron chi connectivity index (χ0n) is 11.2. The van der Waals surface area contributed by atoms with Crippen LogP contribution in [0.15, 0.2) is 11.6 Å². The average molecular weight is 223 g/mol. The number of hydrogen-bond donors (Lipinski definition) is 1. The van der Waals surface area contributed by atoms with Crippen LogP contribution in [0.4, 0.5) is 0 Å². The van der Waals surface area contributed by atoms with Crippen LogP contribution < -0.4 is 5.32 Å². The van der Waals surface area contributed by atoms with Gasteiger partial charge in [0.2, 0.25) is 0 Å². The van der Waals surface area contributed by atoms with E-state index in [1.807, 2.05) is 0 Å².